The van der Waals surface area contributed by atoms with Crippen LogP contribution in [0, 0.1) is 11.6 Å². The number of hydrogen-bond acceptors (Lipinski definition) is 3. The third kappa shape index (κ3) is 3.30. The Kier molecular flexibility index (Phi) is 4.28. The SMILES string of the molecule is Fc1ccc(CN2CCc3ccccc3C2Cn2cncn2)c(F)c1. The molecule has 0 N–H and O–H groups in total. The van der Waals surface area contributed by atoms with E-state index in [2.05, 4.69) is 27.1 Å². The molecule has 1 aliphatic rings. The molecule has 2 heterocycles. The van der Waals surface area contributed by atoms with Gasteiger partial charge in [-0.2, -0.15) is 5.10 Å². The molecule has 1 aliphatic heterocycles. The minimum absolute atomic E-state index is 0.0658. The fourth-order valence-electron chi connectivity index (χ4n) is 3.48. The first-order valence-electron chi connectivity index (χ1n) is 8.29. The van der Waals surface area contributed by atoms with Gasteiger partial charge in [-0.05, 0) is 23.6 Å². The molecule has 25 heavy (non-hydrogen) atoms. The van der Waals surface area contributed by atoms with E-state index in [1.54, 1.807) is 11.0 Å². The number of hydrogen-bond donors (Lipinski definition) is 0. The van der Waals surface area contributed by atoms with Crippen LogP contribution in [0.15, 0.2) is 55.1 Å². The van der Waals surface area contributed by atoms with Crippen molar-refractivity contribution in [3.8, 4) is 0 Å². The molecular weight excluding hydrogens is 322 g/mol. The first-order valence-corrected chi connectivity index (χ1v) is 8.29. The number of fused-ring (bicyclic) bond motifs is 1. The Labute approximate surface area is 144 Å². The summed E-state index contributed by atoms with van der Waals surface area (Å²) in [4.78, 5) is 6.23. The van der Waals surface area contributed by atoms with Crippen molar-refractivity contribution in [2.24, 2.45) is 0 Å². The molecule has 128 valence electrons. The second-order valence-electron chi connectivity index (χ2n) is 6.29. The van der Waals surface area contributed by atoms with Gasteiger partial charge in [0.2, 0.25) is 0 Å². The number of benzene rings is 2. The van der Waals surface area contributed by atoms with Crippen molar-refractivity contribution in [3.05, 3.63) is 83.4 Å². The smallest absolute Gasteiger partial charge is 0.137 e. The maximum absolute atomic E-state index is 14.1. The summed E-state index contributed by atoms with van der Waals surface area (Å²) in [5, 5.41) is 4.21. The molecule has 0 spiro atoms. The lowest BCUT2D eigenvalue weighted by molar-refractivity contribution is 0.153. The van der Waals surface area contributed by atoms with E-state index < -0.39 is 11.6 Å². The molecule has 3 aromatic rings. The van der Waals surface area contributed by atoms with E-state index >= 15 is 0 Å². The maximum Gasteiger partial charge on any atom is 0.137 e. The molecule has 4 rings (SSSR count). The van der Waals surface area contributed by atoms with Gasteiger partial charge < -0.3 is 0 Å². The van der Waals surface area contributed by atoms with Crippen LogP contribution in [-0.2, 0) is 19.5 Å². The van der Waals surface area contributed by atoms with Gasteiger partial charge in [0.15, 0.2) is 0 Å². The Bertz CT molecular complexity index is 864. The summed E-state index contributed by atoms with van der Waals surface area (Å²) in [5.41, 5.74) is 3.04. The Morgan fingerprint density at radius 2 is 2.00 bits per heavy atom. The maximum atomic E-state index is 14.1. The fourth-order valence-corrected chi connectivity index (χ4v) is 3.48. The molecule has 0 bridgehead atoms. The van der Waals surface area contributed by atoms with Crippen LogP contribution in [0.3, 0.4) is 0 Å². The topological polar surface area (TPSA) is 34.0 Å². The molecule has 2 aromatic carbocycles. The lowest BCUT2D eigenvalue weighted by atomic mass is 9.92. The van der Waals surface area contributed by atoms with Gasteiger partial charge in [0.1, 0.15) is 24.3 Å². The third-order valence-corrected chi connectivity index (χ3v) is 4.74. The molecule has 1 atom stereocenters. The summed E-state index contributed by atoms with van der Waals surface area (Å²) >= 11 is 0. The van der Waals surface area contributed by atoms with Gasteiger partial charge in [0.25, 0.3) is 0 Å². The molecule has 0 amide bonds. The van der Waals surface area contributed by atoms with E-state index in [0.29, 0.717) is 18.7 Å². The van der Waals surface area contributed by atoms with Crippen molar-refractivity contribution in [1.29, 1.82) is 0 Å². The van der Waals surface area contributed by atoms with Crippen molar-refractivity contribution in [2.45, 2.75) is 25.6 Å². The van der Waals surface area contributed by atoms with Gasteiger partial charge >= 0.3 is 0 Å². The van der Waals surface area contributed by atoms with Gasteiger partial charge in [-0.15, -0.1) is 0 Å². The molecule has 1 aromatic heterocycles. The van der Waals surface area contributed by atoms with Crippen molar-refractivity contribution in [2.75, 3.05) is 6.54 Å². The fraction of sp³-hybridized carbons (Fsp3) is 0.263. The molecule has 6 heteroatoms. The number of aromatic nitrogens is 3. The van der Waals surface area contributed by atoms with Gasteiger partial charge in [-0.25, -0.2) is 13.8 Å². The third-order valence-electron chi connectivity index (χ3n) is 4.74. The minimum atomic E-state index is -0.551. The predicted molar refractivity (Wildman–Crippen MR) is 89.7 cm³/mol. The summed E-state index contributed by atoms with van der Waals surface area (Å²) in [6.45, 7) is 1.88. The molecular formula is C19H18F2N4. The number of halogens is 2. The Balaban J connectivity index is 1.65. The van der Waals surface area contributed by atoms with E-state index in [1.807, 2.05) is 12.1 Å². The molecule has 0 radical (unpaired) electrons. The average molecular weight is 340 g/mol. The van der Waals surface area contributed by atoms with Gasteiger partial charge in [-0.3, -0.25) is 9.58 Å². The van der Waals surface area contributed by atoms with Crippen molar-refractivity contribution in [1.82, 2.24) is 19.7 Å². The van der Waals surface area contributed by atoms with E-state index in [0.717, 1.165) is 19.0 Å². The molecule has 1 unspecified atom stereocenters. The van der Waals surface area contributed by atoms with Crippen molar-refractivity contribution >= 4 is 0 Å². The van der Waals surface area contributed by atoms with Crippen LogP contribution in [-0.4, -0.2) is 26.2 Å². The van der Waals surface area contributed by atoms with E-state index in [1.165, 1.54) is 29.6 Å². The molecule has 0 saturated heterocycles. The normalized spacial score (nSPS) is 17.4. The lowest BCUT2D eigenvalue weighted by Gasteiger charge is -2.37. The molecule has 0 aliphatic carbocycles. The molecule has 0 fully saturated rings. The summed E-state index contributed by atoms with van der Waals surface area (Å²) in [6, 6.07) is 12.2. The van der Waals surface area contributed by atoms with Crippen molar-refractivity contribution in [3.63, 3.8) is 0 Å². The standard InChI is InChI=1S/C19H18F2N4/c20-16-6-5-15(18(21)9-16)10-24-8-7-14-3-1-2-4-17(14)19(24)11-25-13-22-12-23-25/h1-6,9,12-13,19H,7-8,10-11H2. The summed E-state index contributed by atoms with van der Waals surface area (Å²) in [6.07, 6.45) is 4.11. The number of nitrogens with zero attached hydrogens (tertiary/aromatic N) is 4. The van der Waals surface area contributed by atoms with Crippen LogP contribution in [0.25, 0.3) is 0 Å². The first-order chi connectivity index (χ1) is 12.2. The highest BCUT2D eigenvalue weighted by Crippen LogP contribution is 2.32. The zero-order chi connectivity index (χ0) is 17.2. The minimum Gasteiger partial charge on any atom is -0.290 e. The van der Waals surface area contributed by atoms with E-state index in [4.69, 9.17) is 0 Å². The second-order valence-corrected chi connectivity index (χ2v) is 6.29. The molecule has 4 nitrogen and oxygen atoms in total. The van der Waals surface area contributed by atoms with Crippen LogP contribution in [0.1, 0.15) is 22.7 Å². The summed E-state index contributed by atoms with van der Waals surface area (Å²) in [7, 11) is 0. The highest BCUT2D eigenvalue weighted by Gasteiger charge is 2.28. The van der Waals surface area contributed by atoms with Crippen LogP contribution in [0.4, 0.5) is 8.78 Å². The van der Waals surface area contributed by atoms with Crippen LogP contribution in [0.5, 0.6) is 0 Å². The zero-order valence-corrected chi connectivity index (χ0v) is 13.6. The quantitative estimate of drug-likeness (QED) is 0.730. The van der Waals surface area contributed by atoms with Gasteiger partial charge in [0.05, 0.1) is 12.6 Å². The predicted octanol–water partition coefficient (Wildman–Crippen LogP) is 3.36. The number of rotatable bonds is 4. The molecule has 0 saturated carbocycles. The summed E-state index contributed by atoms with van der Waals surface area (Å²) in [5.74, 6) is -1.05. The van der Waals surface area contributed by atoms with Crippen LogP contribution in [0.2, 0.25) is 0 Å². The lowest BCUT2D eigenvalue weighted by Crippen LogP contribution is -2.37. The summed E-state index contributed by atoms with van der Waals surface area (Å²) < 4.78 is 29.1. The second kappa shape index (κ2) is 6.72. The monoisotopic (exact) mass is 340 g/mol. The highest BCUT2D eigenvalue weighted by atomic mass is 19.1. The van der Waals surface area contributed by atoms with E-state index in [9.17, 15) is 8.78 Å². The highest BCUT2D eigenvalue weighted by molar-refractivity contribution is 5.33. The average Bonchev–Trinajstić information content (AvgIpc) is 3.12. The Morgan fingerprint density at radius 3 is 2.80 bits per heavy atom. The van der Waals surface area contributed by atoms with Gasteiger partial charge in [-0.1, -0.05) is 30.3 Å². The Hall–Kier alpha value is -2.60. The Morgan fingerprint density at radius 1 is 1.12 bits per heavy atom. The first kappa shape index (κ1) is 15.9. The van der Waals surface area contributed by atoms with Crippen molar-refractivity contribution < 1.29 is 8.78 Å². The van der Waals surface area contributed by atoms with Gasteiger partial charge in [0, 0.05) is 24.7 Å². The van der Waals surface area contributed by atoms with Crippen LogP contribution >= 0.6 is 0 Å². The largest absolute Gasteiger partial charge is 0.290 e. The zero-order valence-electron chi connectivity index (χ0n) is 13.6. The van der Waals surface area contributed by atoms with E-state index in [-0.39, 0.29) is 6.04 Å². The van der Waals surface area contributed by atoms with Crippen LogP contribution < -0.4 is 0 Å².